The second kappa shape index (κ2) is 10.0. The van der Waals surface area contributed by atoms with E-state index in [0.717, 1.165) is 29.7 Å². The number of hydrogen-bond acceptors (Lipinski definition) is 7. The van der Waals surface area contributed by atoms with Crippen molar-refractivity contribution in [2.24, 2.45) is 0 Å². The van der Waals surface area contributed by atoms with Crippen LogP contribution >= 0.6 is 0 Å². The third-order valence-electron chi connectivity index (χ3n) is 8.05. The number of rotatable bonds is 5. The molecule has 11 nitrogen and oxygen atoms in total. The van der Waals surface area contributed by atoms with Crippen LogP contribution in [0.1, 0.15) is 46.9 Å². The van der Waals surface area contributed by atoms with E-state index >= 15 is 0 Å². The quantitative estimate of drug-likeness (QED) is 0.304. The number of carbonyl (C=O) groups excluding carboxylic acids is 1. The minimum atomic E-state index is -0.485. The molecule has 41 heavy (non-hydrogen) atoms. The Morgan fingerprint density at radius 3 is 2.66 bits per heavy atom. The fourth-order valence-corrected chi connectivity index (χ4v) is 6.10. The van der Waals surface area contributed by atoms with E-state index in [1.165, 1.54) is 6.33 Å². The van der Waals surface area contributed by atoms with Gasteiger partial charge in [0.15, 0.2) is 5.82 Å². The molecule has 0 radical (unpaired) electrons. The molecule has 2 unspecified atom stereocenters. The average molecular weight is 552 g/mol. The molecular formula is C30H29N7O4. The second-order valence-electron chi connectivity index (χ2n) is 10.5. The Hall–Kier alpha value is -4.74. The highest BCUT2D eigenvalue weighted by Crippen LogP contribution is 2.39. The zero-order valence-corrected chi connectivity index (χ0v) is 22.2. The van der Waals surface area contributed by atoms with E-state index in [-0.39, 0.29) is 29.8 Å². The molecule has 4 N–H and O–H groups in total. The van der Waals surface area contributed by atoms with E-state index in [9.17, 15) is 14.7 Å². The lowest BCUT2D eigenvalue weighted by Gasteiger charge is -2.19. The van der Waals surface area contributed by atoms with Crippen molar-refractivity contribution in [3.63, 3.8) is 0 Å². The summed E-state index contributed by atoms with van der Waals surface area (Å²) in [7, 11) is 0. The van der Waals surface area contributed by atoms with Crippen LogP contribution in [0.25, 0.3) is 22.3 Å². The number of aromatic nitrogens is 5. The predicted molar refractivity (Wildman–Crippen MR) is 153 cm³/mol. The molecule has 11 heteroatoms. The van der Waals surface area contributed by atoms with Crippen molar-refractivity contribution in [3.8, 4) is 16.8 Å². The summed E-state index contributed by atoms with van der Waals surface area (Å²) in [6.07, 6.45) is 3.45. The first-order chi connectivity index (χ1) is 20.0. The lowest BCUT2D eigenvalue weighted by atomic mass is 10.0. The minimum Gasteiger partial charge on any atom is -0.393 e. The highest BCUT2D eigenvalue weighted by molar-refractivity contribution is 6.05. The predicted octanol–water partition coefficient (Wildman–Crippen LogP) is 3.34. The molecule has 1 saturated carbocycles. The van der Waals surface area contributed by atoms with Crippen LogP contribution in [0.5, 0.6) is 0 Å². The molecular weight excluding hydrogens is 522 g/mol. The van der Waals surface area contributed by atoms with Crippen LogP contribution in [0.15, 0.2) is 71.8 Å². The summed E-state index contributed by atoms with van der Waals surface area (Å²) < 4.78 is 10.8. The number of para-hydroxylation sites is 1. The number of anilines is 2. The molecule has 5 aromatic rings. The van der Waals surface area contributed by atoms with Crippen molar-refractivity contribution in [2.75, 3.05) is 17.7 Å². The lowest BCUT2D eigenvalue weighted by Crippen LogP contribution is -2.26. The second-order valence-corrected chi connectivity index (χ2v) is 10.5. The highest BCUT2D eigenvalue weighted by atomic mass is 16.5. The van der Waals surface area contributed by atoms with Gasteiger partial charge in [0.2, 0.25) is 0 Å². The topological polar surface area (TPSA) is 142 Å². The molecule has 1 fully saturated rings. The van der Waals surface area contributed by atoms with Gasteiger partial charge in [0.05, 0.1) is 37.2 Å². The number of benzene rings is 2. The van der Waals surface area contributed by atoms with Crippen LogP contribution in [-0.4, -0.2) is 47.7 Å². The summed E-state index contributed by atoms with van der Waals surface area (Å²) >= 11 is 0. The molecule has 2 aromatic carbocycles. The van der Waals surface area contributed by atoms with Gasteiger partial charge in [-0.05, 0) is 55.2 Å². The first kappa shape index (κ1) is 25.2. The Morgan fingerprint density at radius 1 is 1.10 bits per heavy atom. The number of aliphatic hydroxyl groups is 1. The zero-order chi connectivity index (χ0) is 28.1. The lowest BCUT2D eigenvalue weighted by molar-refractivity contribution is 0.0756. The normalized spacial score (nSPS) is 18.5. The maximum absolute atomic E-state index is 13.5. The number of aliphatic hydroxyl groups excluding tert-OH is 1. The van der Waals surface area contributed by atoms with Gasteiger partial charge in [-0.25, -0.2) is 14.2 Å². The van der Waals surface area contributed by atoms with Crippen LogP contribution in [0, 0.1) is 0 Å². The molecule has 4 heterocycles. The largest absolute Gasteiger partial charge is 0.393 e. The van der Waals surface area contributed by atoms with Crippen LogP contribution < -0.4 is 16.6 Å². The molecule has 0 spiro atoms. The SMILES string of the molecule is Nc1ncnn2c(C3CCC(O)C3)cc(-c3ccc(NC(=O)c4c5n(n(-c6ccccc6)c4=O)CCOC5)cc3)c12. The highest BCUT2D eigenvalue weighted by Gasteiger charge is 2.30. The molecule has 208 valence electrons. The fraction of sp³-hybridized carbons (Fsp3) is 0.267. The molecule has 2 atom stereocenters. The summed E-state index contributed by atoms with van der Waals surface area (Å²) in [4.78, 5) is 31.2. The van der Waals surface area contributed by atoms with Crippen LogP contribution in [-0.2, 0) is 17.9 Å². The molecule has 2 aliphatic rings. The zero-order valence-electron chi connectivity index (χ0n) is 22.2. The monoisotopic (exact) mass is 551 g/mol. The molecule has 0 saturated heterocycles. The molecule has 3 aromatic heterocycles. The molecule has 0 bridgehead atoms. The number of nitrogen functional groups attached to an aromatic ring is 1. The van der Waals surface area contributed by atoms with Crippen molar-refractivity contribution in [2.45, 2.75) is 44.4 Å². The van der Waals surface area contributed by atoms with Gasteiger partial charge in [-0.15, -0.1) is 0 Å². The molecule has 7 rings (SSSR count). The summed E-state index contributed by atoms with van der Waals surface area (Å²) in [5.41, 5.74) is 11.2. The van der Waals surface area contributed by atoms with Crippen molar-refractivity contribution in [1.29, 1.82) is 0 Å². The van der Waals surface area contributed by atoms with Crippen molar-refractivity contribution in [3.05, 3.63) is 94.3 Å². The van der Waals surface area contributed by atoms with Gasteiger partial charge in [-0.3, -0.25) is 14.3 Å². The van der Waals surface area contributed by atoms with E-state index in [2.05, 4.69) is 21.5 Å². The Bertz CT molecular complexity index is 1820. The number of ether oxygens (including phenoxy) is 1. The first-order valence-corrected chi connectivity index (χ1v) is 13.7. The van der Waals surface area contributed by atoms with Gasteiger partial charge >= 0.3 is 0 Å². The standard InChI is InChI=1S/C30H29N7O4/c31-28-27-23(15-24(36(27)33-17-32-28)19-8-11-22(38)14-19)18-6-9-20(10-7-18)34-29(39)26-25-16-41-13-12-35(25)37(30(26)40)21-4-2-1-3-5-21/h1-7,9-10,15,17,19,22,38H,8,11-14,16H2,(H,34,39)(H2,31,32,33). The van der Waals surface area contributed by atoms with Crippen molar-refractivity contribution >= 4 is 22.9 Å². The van der Waals surface area contributed by atoms with Gasteiger partial charge in [0.25, 0.3) is 11.5 Å². The number of fused-ring (bicyclic) bond motifs is 2. The van der Waals surface area contributed by atoms with Crippen LogP contribution in [0.2, 0.25) is 0 Å². The number of nitrogens with two attached hydrogens (primary N) is 1. The number of nitrogens with one attached hydrogen (secondary N) is 1. The van der Waals surface area contributed by atoms with Crippen LogP contribution in [0.3, 0.4) is 0 Å². The number of carbonyl (C=O) groups is 1. The Morgan fingerprint density at radius 2 is 1.90 bits per heavy atom. The summed E-state index contributed by atoms with van der Waals surface area (Å²) in [6.45, 7) is 1.12. The summed E-state index contributed by atoms with van der Waals surface area (Å²) in [5.74, 6) is 0.0599. The first-order valence-electron chi connectivity index (χ1n) is 13.7. The minimum absolute atomic E-state index is 0.0735. The Balaban J connectivity index is 1.20. The summed E-state index contributed by atoms with van der Waals surface area (Å²) in [6, 6.07) is 18.7. The molecule has 1 amide bonds. The van der Waals surface area contributed by atoms with E-state index in [0.29, 0.717) is 48.0 Å². The smallest absolute Gasteiger partial charge is 0.284 e. The van der Waals surface area contributed by atoms with Crippen molar-refractivity contribution < 1.29 is 14.6 Å². The number of hydrogen-bond donors (Lipinski definition) is 3. The van der Waals surface area contributed by atoms with E-state index < -0.39 is 5.91 Å². The van der Waals surface area contributed by atoms with Crippen molar-refractivity contribution in [1.82, 2.24) is 24.0 Å². The third kappa shape index (κ3) is 4.30. The third-order valence-corrected chi connectivity index (χ3v) is 8.05. The van der Waals surface area contributed by atoms with Gasteiger partial charge in [-0.1, -0.05) is 30.3 Å². The van der Waals surface area contributed by atoms with Gasteiger partial charge < -0.3 is 20.9 Å². The van der Waals surface area contributed by atoms with Crippen LogP contribution in [0.4, 0.5) is 11.5 Å². The van der Waals surface area contributed by atoms with Gasteiger partial charge in [-0.2, -0.15) is 5.10 Å². The molecule has 1 aliphatic carbocycles. The van der Waals surface area contributed by atoms with Gasteiger partial charge in [0, 0.05) is 22.9 Å². The Kier molecular flexibility index (Phi) is 6.17. The van der Waals surface area contributed by atoms with E-state index in [1.54, 1.807) is 16.8 Å². The number of nitrogens with zero attached hydrogens (tertiary/aromatic N) is 5. The van der Waals surface area contributed by atoms with E-state index in [4.69, 9.17) is 10.5 Å². The average Bonchev–Trinajstić information content (AvgIpc) is 3.67. The molecule has 1 aliphatic heterocycles. The fourth-order valence-electron chi connectivity index (χ4n) is 6.10. The Labute approximate surface area is 234 Å². The number of amides is 1. The van der Waals surface area contributed by atoms with Gasteiger partial charge in [0.1, 0.15) is 17.4 Å². The van der Waals surface area contributed by atoms with E-state index in [1.807, 2.05) is 51.7 Å². The maximum atomic E-state index is 13.5. The maximum Gasteiger partial charge on any atom is 0.284 e. The summed E-state index contributed by atoms with van der Waals surface area (Å²) in [5, 5.41) is 17.5.